The van der Waals surface area contributed by atoms with E-state index < -0.39 is 10.0 Å². The van der Waals surface area contributed by atoms with Gasteiger partial charge in [0.25, 0.3) is 5.91 Å². The first kappa shape index (κ1) is 19.8. The minimum absolute atomic E-state index is 0.0224. The number of hydrogen-bond donors (Lipinski definition) is 2. The maximum Gasteiger partial charge on any atom is 0.251 e. The highest BCUT2D eigenvalue weighted by atomic mass is 32.2. The Hall–Kier alpha value is -1.93. The standard InChI is InChI=1S/C19H27N3O4S/c23-18-8-2-1-3-12-22(18)13-5-11-20-19(24)15-6-4-7-17(14-15)27(25,26)21-16-9-10-16/h4,6-7,14,16,21H,1-3,5,8-13H2,(H,20,24). The topological polar surface area (TPSA) is 95.6 Å². The van der Waals surface area contributed by atoms with Crippen LogP contribution in [-0.2, 0) is 14.8 Å². The Kier molecular flexibility index (Phi) is 6.49. The van der Waals surface area contributed by atoms with Crippen LogP contribution in [-0.4, -0.2) is 50.8 Å². The molecule has 1 heterocycles. The highest BCUT2D eigenvalue weighted by Gasteiger charge is 2.28. The molecule has 0 aromatic heterocycles. The number of sulfonamides is 1. The van der Waals surface area contributed by atoms with Crippen molar-refractivity contribution in [1.82, 2.24) is 14.9 Å². The quantitative estimate of drug-likeness (QED) is 0.657. The van der Waals surface area contributed by atoms with Crippen molar-refractivity contribution in [2.24, 2.45) is 0 Å². The van der Waals surface area contributed by atoms with Crippen molar-refractivity contribution in [3.63, 3.8) is 0 Å². The Morgan fingerprint density at radius 2 is 2.00 bits per heavy atom. The molecule has 2 N–H and O–H groups in total. The van der Waals surface area contributed by atoms with Gasteiger partial charge in [-0.2, -0.15) is 0 Å². The molecule has 0 radical (unpaired) electrons. The first-order valence-electron chi connectivity index (χ1n) is 9.64. The molecule has 0 spiro atoms. The summed E-state index contributed by atoms with van der Waals surface area (Å²) in [5, 5.41) is 2.81. The summed E-state index contributed by atoms with van der Waals surface area (Å²) in [6, 6.07) is 6.09. The van der Waals surface area contributed by atoms with Gasteiger partial charge >= 0.3 is 0 Å². The third kappa shape index (κ3) is 5.77. The van der Waals surface area contributed by atoms with E-state index in [4.69, 9.17) is 0 Å². The van der Waals surface area contributed by atoms with E-state index in [9.17, 15) is 18.0 Å². The summed E-state index contributed by atoms with van der Waals surface area (Å²) in [4.78, 5) is 26.3. The van der Waals surface area contributed by atoms with Crippen LogP contribution in [0.2, 0.25) is 0 Å². The van der Waals surface area contributed by atoms with E-state index in [1.54, 1.807) is 12.1 Å². The highest BCUT2D eigenvalue weighted by molar-refractivity contribution is 7.89. The molecule has 0 atom stereocenters. The van der Waals surface area contributed by atoms with Crippen LogP contribution in [0.1, 0.15) is 55.3 Å². The summed E-state index contributed by atoms with van der Waals surface area (Å²) in [5.41, 5.74) is 0.319. The molecule has 3 rings (SSSR count). The lowest BCUT2D eigenvalue weighted by atomic mass is 10.2. The molecule has 2 amide bonds. The van der Waals surface area contributed by atoms with Crippen LogP contribution in [0.25, 0.3) is 0 Å². The molecule has 0 unspecified atom stereocenters. The zero-order valence-corrected chi connectivity index (χ0v) is 16.3. The average molecular weight is 394 g/mol. The van der Waals surface area contributed by atoms with E-state index in [0.29, 0.717) is 31.5 Å². The number of carbonyl (C=O) groups is 2. The van der Waals surface area contributed by atoms with Gasteiger partial charge in [-0.1, -0.05) is 12.5 Å². The molecule has 27 heavy (non-hydrogen) atoms. The van der Waals surface area contributed by atoms with Crippen LogP contribution < -0.4 is 10.0 Å². The van der Waals surface area contributed by atoms with Crippen LogP contribution in [0.4, 0.5) is 0 Å². The molecule has 2 aliphatic rings. The zero-order chi connectivity index (χ0) is 19.3. The van der Waals surface area contributed by atoms with E-state index in [1.807, 2.05) is 4.90 Å². The molecule has 148 valence electrons. The summed E-state index contributed by atoms with van der Waals surface area (Å²) < 4.78 is 27.2. The summed E-state index contributed by atoms with van der Waals surface area (Å²) in [5.74, 6) is -0.111. The lowest BCUT2D eigenvalue weighted by Crippen LogP contribution is -2.34. The van der Waals surface area contributed by atoms with Crippen molar-refractivity contribution in [2.45, 2.75) is 55.9 Å². The number of benzene rings is 1. The van der Waals surface area contributed by atoms with Gasteiger partial charge in [-0.05, 0) is 50.3 Å². The second-order valence-electron chi connectivity index (χ2n) is 7.22. The van der Waals surface area contributed by atoms with Gasteiger partial charge in [-0.25, -0.2) is 13.1 Å². The maximum absolute atomic E-state index is 12.3. The zero-order valence-electron chi connectivity index (χ0n) is 15.4. The Balaban J connectivity index is 1.49. The number of nitrogens with one attached hydrogen (secondary N) is 2. The fraction of sp³-hybridized carbons (Fsp3) is 0.579. The lowest BCUT2D eigenvalue weighted by molar-refractivity contribution is -0.130. The van der Waals surface area contributed by atoms with Crippen molar-refractivity contribution in [3.05, 3.63) is 29.8 Å². The van der Waals surface area contributed by atoms with Gasteiger partial charge in [-0.3, -0.25) is 9.59 Å². The summed E-state index contributed by atoms with van der Waals surface area (Å²) in [7, 11) is -3.58. The number of carbonyl (C=O) groups excluding carboxylic acids is 2. The largest absolute Gasteiger partial charge is 0.352 e. The fourth-order valence-electron chi connectivity index (χ4n) is 3.14. The molecule has 2 fully saturated rings. The first-order valence-corrected chi connectivity index (χ1v) is 11.1. The molecule has 7 nitrogen and oxygen atoms in total. The van der Waals surface area contributed by atoms with Gasteiger partial charge in [0.2, 0.25) is 15.9 Å². The Labute approximate surface area is 160 Å². The van der Waals surface area contributed by atoms with E-state index in [-0.39, 0.29) is 22.8 Å². The highest BCUT2D eigenvalue weighted by Crippen LogP contribution is 2.22. The van der Waals surface area contributed by atoms with Crippen molar-refractivity contribution < 1.29 is 18.0 Å². The molecule has 1 saturated carbocycles. The smallest absolute Gasteiger partial charge is 0.251 e. The van der Waals surface area contributed by atoms with Gasteiger partial charge in [0.1, 0.15) is 0 Å². The Morgan fingerprint density at radius 1 is 1.19 bits per heavy atom. The van der Waals surface area contributed by atoms with Gasteiger partial charge in [0.15, 0.2) is 0 Å². The first-order chi connectivity index (χ1) is 13.0. The normalized spacial score (nSPS) is 18.2. The van der Waals surface area contributed by atoms with Crippen molar-refractivity contribution in [1.29, 1.82) is 0 Å². The Morgan fingerprint density at radius 3 is 2.78 bits per heavy atom. The van der Waals surface area contributed by atoms with Crippen LogP contribution in [0.3, 0.4) is 0 Å². The SMILES string of the molecule is O=C(NCCCN1CCCCCC1=O)c1cccc(S(=O)(=O)NC2CC2)c1. The second-order valence-corrected chi connectivity index (χ2v) is 8.94. The lowest BCUT2D eigenvalue weighted by Gasteiger charge is -2.20. The Bertz CT molecular complexity index is 790. The fourth-order valence-corrected chi connectivity index (χ4v) is 4.49. The number of hydrogen-bond acceptors (Lipinski definition) is 4. The number of rotatable bonds is 8. The molecule has 1 aromatic rings. The third-order valence-electron chi connectivity index (χ3n) is 4.87. The molecule has 1 aromatic carbocycles. The molecule has 0 bridgehead atoms. The van der Waals surface area contributed by atoms with Crippen molar-refractivity contribution in [2.75, 3.05) is 19.6 Å². The van der Waals surface area contributed by atoms with Gasteiger partial charge < -0.3 is 10.2 Å². The monoisotopic (exact) mass is 393 g/mol. The predicted octanol–water partition coefficient (Wildman–Crippen LogP) is 1.65. The number of amides is 2. The van der Waals surface area contributed by atoms with Gasteiger partial charge in [-0.15, -0.1) is 0 Å². The van der Waals surface area contributed by atoms with Crippen LogP contribution in [0.5, 0.6) is 0 Å². The van der Waals surface area contributed by atoms with Gasteiger partial charge in [0.05, 0.1) is 4.90 Å². The predicted molar refractivity (Wildman–Crippen MR) is 102 cm³/mol. The van der Waals surface area contributed by atoms with E-state index >= 15 is 0 Å². The van der Waals surface area contributed by atoms with Gasteiger partial charge in [0, 0.05) is 37.7 Å². The van der Waals surface area contributed by atoms with Crippen LogP contribution in [0, 0.1) is 0 Å². The summed E-state index contributed by atoms with van der Waals surface area (Å²) in [6.07, 6.45) is 6.10. The number of likely N-dealkylation sites (tertiary alicyclic amines) is 1. The molecule has 1 saturated heterocycles. The van der Waals surface area contributed by atoms with E-state index in [1.165, 1.54) is 12.1 Å². The van der Waals surface area contributed by atoms with Crippen LogP contribution in [0.15, 0.2) is 29.2 Å². The average Bonchev–Trinajstić information content (AvgIpc) is 3.47. The molecular weight excluding hydrogens is 366 g/mol. The molecule has 1 aliphatic heterocycles. The minimum atomic E-state index is -3.58. The van der Waals surface area contributed by atoms with Crippen molar-refractivity contribution >= 4 is 21.8 Å². The van der Waals surface area contributed by atoms with Crippen molar-refractivity contribution in [3.8, 4) is 0 Å². The molecular formula is C19H27N3O4S. The maximum atomic E-state index is 12.3. The molecule has 1 aliphatic carbocycles. The summed E-state index contributed by atoms with van der Waals surface area (Å²) in [6.45, 7) is 1.87. The third-order valence-corrected chi connectivity index (χ3v) is 6.39. The molecule has 8 heteroatoms. The van der Waals surface area contributed by atoms with E-state index in [0.717, 1.165) is 38.6 Å². The van der Waals surface area contributed by atoms with E-state index in [2.05, 4.69) is 10.0 Å². The number of nitrogens with zero attached hydrogens (tertiary/aromatic N) is 1. The second kappa shape index (κ2) is 8.84. The van der Waals surface area contributed by atoms with Crippen LogP contribution >= 0.6 is 0 Å². The minimum Gasteiger partial charge on any atom is -0.352 e. The summed E-state index contributed by atoms with van der Waals surface area (Å²) >= 11 is 0.